The maximum Gasteiger partial charge on any atom is 0.303 e. The molecule has 3 nitrogen and oxygen atoms in total. The first-order valence-corrected chi connectivity index (χ1v) is 7.98. The molecule has 1 fully saturated rings. The standard InChI is InChI=1S/C13H18BrNO2S/c14-12-7-11(9-18-12)8-15-5-3-10(4-6-15)1-2-13(16)17/h7,9-10H,1-6,8H2,(H,16,17). The maximum absolute atomic E-state index is 10.5. The van der Waals surface area contributed by atoms with Crippen LogP contribution in [0, 0.1) is 5.92 Å². The van der Waals surface area contributed by atoms with Crippen molar-refractivity contribution in [2.75, 3.05) is 13.1 Å². The van der Waals surface area contributed by atoms with Gasteiger partial charge in [-0.3, -0.25) is 9.69 Å². The van der Waals surface area contributed by atoms with Crippen LogP contribution in [0.25, 0.3) is 0 Å². The summed E-state index contributed by atoms with van der Waals surface area (Å²) in [4.78, 5) is 13.0. The third-order valence-electron chi connectivity index (χ3n) is 3.50. The molecule has 1 N–H and O–H groups in total. The van der Waals surface area contributed by atoms with Crippen molar-refractivity contribution in [3.8, 4) is 0 Å². The molecule has 0 spiro atoms. The molecule has 1 aliphatic rings. The van der Waals surface area contributed by atoms with Crippen LogP contribution in [0.4, 0.5) is 0 Å². The number of hydrogen-bond donors (Lipinski definition) is 1. The van der Waals surface area contributed by atoms with Gasteiger partial charge in [-0.25, -0.2) is 0 Å². The average Bonchev–Trinajstić information content (AvgIpc) is 2.74. The summed E-state index contributed by atoms with van der Waals surface area (Å²) in [5.41, 5.74) is 1.37. The van der Waals surface area contributed by atoms with Gasteiger partial charge in [0.1, 0.15) is 0 Å². The van der Waals surface area contributed by atoms with Gasteiger partial charge in [-0.2, -0.15) is 0 Å². The fourth-order valence-electron chi connectivity index (χ4n) is 2.45. The van der Waals surface area contributed by atoms with E-state index in [2.05, 4.69) is 32.3 Å². The Morgan fingerprint density at radius 1 is 1.50 bits per heavy atom. The predicted octanol–water partition coefficient (Wildman–Crippen LogP) is 3.59. The van der Waals surface area contributed by atoms with Crippen molar-refractivity contribution in [3.63, 3.8) is 0 Å². The number of thiophene rings is 1. The molecule has 2 heterocycles. The van der Waals surface area contributed by atoms with Gasteiger partial charge in [-0.1, -0.05) is 0 Å². The molecule has 1 aliphatic heterocycles. The first-order chi connectivity index (χ1) is 8.63. The number of piperidine rings is 1. The van der Waals surface area contributed by atoms with Gasteiger partial charge in [0.05, 0.1) is 3.79 Å². The van der Waals surface area contributed by atoms with Crippen molar-refractivity contribution in [3.05, 3.63) is 20.8 Å². The molecular formula is C13H18BrNO2S. The Labute approximate surface area is 120 Å². The van der Waals surface area contributed by atoms with Crippen molar-refractivity contribution in [2.45, 2.75) is 32.2 Å². The SMILES string of the molecule is O=C(O)CCC1CCN(Cc2csc(Br)c2)CC1. The van der Waals surface area contributed by atoms with Crippen molar-refractivity contribution in [1.82, 2.24) is 4.90 Å². The Morgan fingerprint density at radius 2 is 2.22 bits per heavy atom. The monoisotopic (exact) mass is 331 g/mol. The van der Waals surface area contributed by atoms with E-state index >= 15 is 0 Å². The summed E-state index contributed by atoms with van der Waals surface area (Å²) in [5.74, 6) is -0.0629. The second-order valence-electron chi connectivity index (χ2n) is 4.91. The van der Waals surface area contributed by atoms with E-state index in [-0.39, 0.29) is 0 Å². The molecule has 1 aromatic rings. The van der Waals surface area contributed by atoms with Crippen LogP contribution in [0.2, 0.25) is 0 Å². The smallest absolute Gasteiger partial charge is 0.303 e. The lowest BCUT2D eigenvalue weighted by Gasteiger charge is -2.31. The Bertz CT molecular complexity index is 399. The highest BCUT2D eigenvalue weighted by Gasteiger charge is 2.19. The molecule has 18 heavy (non-hydrogen) atoms. The fourth-order valence-corrected chi connectivity index (χ4v) is 3.65. The van der Waals surface area contributed by atoms with Crippen molar-refractivity contribution in [2.24, 2.45) is 5.92 Å². The van der Waals surface area contributed by atoms with Gasteiger partial charge in [0, 0.05) is 13.0 Å². The van der Waals surface area contributed by atoms with Crippen LogP contribution in [0.1, 0.15) is 31.2 Å². The maximum atomic E-state index is 10.5. The average molecular weight is 332 g/mol. The van der Waals surface area contributed by atoms with Gasteiger partial charge in [0.15, 0.2) is 0 Å². The van der Waals surface area contributed by atoms with Gasteiger partial charge >= 0.3 is 5.97 Å². The summed E-state index contributed by atoms with van der Waals surface area (Å²) < 4.78 is 1.19. The van der Waals surface area contributed by atoms with Crippen molar-refractivity contribution >= 4 is 33.2 Å². The summed E-state index contributed by atoms with van der Waals surface area (Å²) in [6.45, 7) is 3.21. The number of carboxylic acids is 1. The van der Waals surface area contributed by atoms with Gasteiger partial charge in [-0.05, 0) is 71.2 Å². The molecule has 1 aromatic heterocycles. The number of halogens is 1. The summed E-state index contributed by atoms with van der Waals surface area (Å²) in [5, 5.41) is 10.9. The van der Waals surface area contributed by atoms with Crippen molar-refractivity contribution < 1.29 is 9.90 Å². The van der Waals surface area contributed by atoms with E-state index in [4.69, 9.17) is 5.11 Å². The van der Waals surface area contributed by atoms with E-state index < -0.39 is 5.97 Å². The summed E-state index contributed by atoms with van der Waals surface area (Å²) in [6.07, 6.45) is 3.44. The number of aliphatic carboxylic acids is 1. The third-order valence-corrected chi connectivity index (χ3v) is 5.05. The summed E-state index contributed by atoms with van der Waals surface area (Å²) in [7, 11) is 0. The molecule has 100 valence electrons. The molecule has 0 unspecified atom stereocenters. The Balaban J connectivity index is 1.71. The topological polar surface area (TPSA) is 40.5 Å². The minimum Gasteiger partial charge on any atom is -0.481 e. The number of hydrogen-bond acceptors (Lipinski definition) is 3. The highest BCUT2D eigenvalue weighted by atomic mass is 79.9. The Kier molecular flexibility index (Phi) is 5.21. The third kappa shape index (κ3) is 4.37. The predicted molar refractivity (Wildman–Crippen MR) is 76.9 cm³/mol. The lowest BCUT2D eigenvalue weighted by Crippen LogP contribution is -2.33. The number of carboxylic acid groups (broad SMARTS) is 1. The van der Waals surface area contributed by atoms with E-state index in [1.165, 1.54) is 9.35 Å². The van der Waals surface area contributed by atoms with Gasteiger partial charge in [0.25, 0.3) is 0 Å². The molecule has 0 bridgehead atoms. The first kappa shape index (κ1) is 14.0. The van der Waals surface area contributed by atoms with Crippen LogP contribution < -0.4 is 0 Å². The molecule has 5 heteroatoms. The zero-order valence-corrected chi connectivity index (χ0v) is 12.7. The number of carbonyl (C=O) groups is 1. The highest BCUT2D eigenvalue weighted by molar-refractivity contribution is 9.11. The summed E-state index contributed by atoms with van der Waals surface area (Å²) in [6, 6.07) is 2.18. The molecular weight excluding hydrogens is 314 g/mol. The van der Waals surface area contributed by atoms with Crippen molar-refractivity contribution in [1.29, 1.82) is 0 Å². The number of nitrogens with zero attached hydrogens (tertiary/aromatic N) is 1. The Morgan fingerprint density at radius 3 is 2.78 bits per heavy atom. The Hall–Kier alpha value is -0.390. The van der Waals surface area contributed by atoms with E-state index in [0.717, 1.165) is 38.9 Å². The molecule has 0 radical (unpaired) electrons. The second-order valence-corrected chi connectivity index (χ2v) is 7.20. The second kappa shape index (κ2) is 6.68. The molecule has 0 saturated carbocycles. The van der Waals surface area contributed by atoms with E-state index in [1.54, 1.807) is 11.3 Å². The first-order valence-electron chi connectivity index (χ1n) is 6.30. The quantitative estimate of drug-likeness (QED) is 0.896. The van der Waals surface area contributed by atoms with Crippen LogP contribution in [-0.2, 0) is 11.3 Å². The normalized spacial score (nSPS) is 18.1. The van der Waals surface area contributed by atoms with Crippen LogP contribution >= 0.6 is 27.3 Å². The minimum absolute atomic E-state index is 0.322. The number of rotatable bonds is 5. The van der Waals surface area contributed by atoms with E-state index in [9.17, 15) is 4.79 Å². The zero-order chi connectivity index (χ0) is 13.0. The molecule has 0 atom stereocenters. The summed E-state index contributed by atoms with van der Waals surface area (Å²) >= 11 is 5.21. The van der Waals surface area contributed by atoms with E-state index in [0.29, 0.717) is 12.3 Å². The lowest BCUT2D eigenvalue weighted by molar-refractivity contribution is -0.137. The molecule has 0 aliphatic carbocycles. The molecule has 0 amide bonds. The van der Waals surface area contributed by atoms with Gasteiger partial charge < -0.3 is 5.11 Å². The lowest BCUT2D eigenvalue weighted by atomic mass is 9.92. The minimum atomic E-state index is -0.666. The highest BCUT2D eigenvalue weighted by Crippen LogP contribution is 2.25. The zero-order valence-electron chi connectivity index (χ0n) is 10.3. The van der Waals surface area contributed by atoms with E-state index in [1.807, 2.05) is 0 Å². The molecule has 2 rings (SSSR count). The van der Waals surface area contributed by atoms with Crippen LogP contribution in [0.3, 0.4) is 0 Å². The fraction of sp³-hybridized carbons (Fsp3) is 0.615. The van der Waals surface area contributed by atoms with Gasteiger partial charge in [-0.15, -0.1) is 11.3 Å². The number of likely N-dealkylation sites (tertiary alicyclic amines) is 1. The van der Waals surface area contributed by atoms with Crippen LogP contribution in [-0.4, -0.2) is 29.1 Å². The van der Waals surface area contributed by atoms with Crippen LogP contribution in [0.5, 0.6) is 0 Å². The van der Waals surface area contributed by atoms with Gasteiger partial charge in [0.2, 0.25) is 0 Å². The molecule has 1 saturated heterocycles. The van der Waals surface area contributed by atoms with Crippen LogP contribution in [0.15, 0.2) is 15.2 Å². The largest absolute Gasteiger partial charge is 0.481 e. The molecule has 0 aromatic carbocycles.